The van der Waals surface area contributed by atoms with Crippen LogP contribution in [0.25, 0.3) is 0 Å². The van der Waals surface area contributed by atoms with Crippen molar-refractivity contribution in [2.75, 3.05) is 13.2 Å². The molecule has 0 aromatic carbocycles. The molecule has 0 aliphatic carbocycles. The molecule has 408 valence electrons. The van der Waals surface area contributed by atoms with Crippen LogP contribution in [0.3, 0.4) is 0 Å². The van der Waals surface area contributed by atoms with Crippen LogP contribution in [-0.2, 0) is 14.3 Å². The molecule has 0 fully saturated rings. The molecule has 2 unspecified atom stereocenters. The number of amides is 1. The van der Waals surface area contributed by atoms with E-state index < -0.39 is 12.1 Å². The standard InChI is InChI=1S/C63H121NO5/c1-3-5-7-9-11-13-15-17-19-20-22-26-29-33-37-41-45-49-53-57-63(68)69-58-54-50-46-42-38-34-30-27-24-21-23-25-28-32-36-40-44-48-52-56-62(67)64-60(59-65)61(66)55-51-47-43-39-35-31-18-16-14-12-10-8-6-4-2/h27,30,34,38,60-61,65-66H,3-26,28-29,31-33,35-37,39-59H2,1-2H3,(H,64,67)/b30-27-,38-34-. The first-order valence-electron chi connectivity index (χ1n) is 31.1. The van der Waals surface area contributed by atoms with Gasteiger partial charge >= 0.3 is 5.97 Å². The molecule has 0 heterocycles. The molecular weight excluding hydrogens is 851 g/mol. The third-order valence-corrected chi connectivity index (χ3v) is 14.5. The van der Waals surface area contributed by atoms with Crippen molar-refractivity contribution in [3.05, 3.63) is 24.3 Å². The van der Waals surface area contributed by atoms with Crippen LogP contribution in [0.5, 0.6) is 0 Å². The van der Waals surface area contributed by atoms with E-state index in [0.29, 0.717) is 25.9 Å². The van der Waals surface area contributed by atoms with Crippen LogP contribution in [0.15, 0.2) is 24.3 Å². The van der Waals surface area contributed by atoms with Gasteiger partial charge in [-0.2, -0.15) is 0 Å². The van der Waals surface area contributed by atoms with Crippen molar-refractivity contribution in [2.45, 2.75) is 353 Å². The first-order valence-corrected chi connectivity index (χ1v) is 31.1. The quantitative estimate of drug-likeness (QED) is 0.0321. The van der Waals surface area contributed by atoms with E-state index in [1.807, 2.05) is 0 Å². The van der Waals surface area contributed by atoms with Crippen LogP contribution in [0.4, 0.5) is 0 Å². The lowest BCUT2D eigenvalue weighted by Crippen LogP contribution is -2.45. The molecule has 1 amide bonds. The predicted molar refractivity (Wildman–Crippen MR) is 301 cm³/mol. The van der Waals surface area contributed by atoms with Crippen LogP contribution in [0, 0.1) is 0 Å². The minimum absolute atomic E-state index is 0.00812. The molecule has 0 saturated heterocycles. The van der Waals surface area contributed by atoms with E-state index in [-0.39, 0.29) is 18.5 Å². The average Bonchev–Trinajstić information content (AvgIpc) is 3.35. The number of allylic oxidation sites excluding steroid dienone is 4. The second-order valence-corrected chi connectivity index (χ2v) is 21.4. The predicted octanol–water partition coefficient (Wildman–Crippen LogP) is 19.4. The minimum atomic E-state index is -0.670. The minimum Gasteiger partial charge on any atom is -0.466 e. The van der Waals surface area contributed by atoms with Gasteiger partial charge in [0.25, 0.3) is 0 Å². The van der Waals surface area contributed by atoms with Crippen molar-refractivity contribution in [3.8, 4) is 0 Å². The number of nitrogens with one attached hydrogen (secondary N) is 1. The summed E-state index contributed by atoms with van der Waals surface area (Å²) < 4.78 is 5.48. The second kappa shape index (κ2) is 58.9. The summed E-state index contributed by atoms with van der Waals surface area (Å²) in [7, 11) is 0. The zero-order chi connectivity index (χ0) is 50.0. The Morgan fingerprint density at radius 2 is 0.710 bits per heavy atom. The summed E-state index contributed by atoms with van der Waals surface area (Å²) >= 11 is 0. The van der Waals surface area contributed by atoms with Gasteiger partial charge in [0.15, 0.2) is 0 Å². The van der Waals surface area contributed by atoms with Gasteiger partial charge in [-0.15, -0.1) is 0 Å². The van der Waals surface area contributed by atoms with Gasteiger partial charge in [-0.1, -0.05) is 295 Å². The number of hydrogen-bond acceptors (Lipinski definition) is 5. The van der Waals surface area contributed by atoms with Gasteiger partial charge in [0.05, 0.1) is 25.4 Å². The lowest BCUT2D eigenvalue weighted by atomic mass is 10.0. The normalized spacial score (nSPS) is 12.7. The number of esters is 1. The number of unbranched alkanes of at least 4 members (excludes halogenated alkanes) is 44. The molecule has 0 radical (unpaired) electrons. The molecule has 0 aliphatic heterocycles. The number of ether oxygens (including phenoxy) is 1. The van der Waals surface area contributed by atoms with Gasteiger partial charge in [0.1, 0.15) is 0 Å². The second-order valence-electron chi connectivity index (χ2n) is 21.4. The molecule has 0 rings (SSSR count). The van der Waals surface area contributed by atoms with E-state index in [1.165, 1.54) is 238 Å². The first kappa shape index (κ1) is 67.3. The summed E-state index contributed by atoms with van der Waals surface area (Å²) in [5, 5.41) is 23.3. The molecule has 69 heavy (non-hydrogen) atoms. The van der Waals surface area contributed by atoms with Crippen LogP contribution < -0.4 is 5.32 Å². The van der Waals surface area contributed by atoms with Gasteiger partial charge in [-0.3, -0.25) is 9.59 Å². The van der Waals surface area contributed by atoms with E-state index in [2.05, 4.69) is 43.5 Å². The van der Waals surface area contributed by atoms with E-state index in [9.17, 15) is 19.8 Å². The fourth-order valence-corrected chi connectivity index (χ4v) is 9.75. The molecule has 6 heteroatoms. The molecular formula is C63H121NO5. The van der Waals surface area contributed by atoms with E-state index in [0.717, 1.165) is 70.6 Å². The highest BCUT2D eigenvalue weighted by molar-refractivity contribution is 5.76. The highest BCUT2D eigenvalue weighted by Gasteiger charge is 2.20. The van der Waals surface area contributed by atoms with Gasteiger partial charge in [0.2, 0.25) is 5.91 Å². The van der Waals surface area contributed by atoms with Crippen molar-refractivity contribution >= 4 is 11.9 Å². The number of carbonyl (C=O) groups is 2. The summed E-state index contributed by atoms with van der Waals surface area (Å²) in [5.41, 5.74) is 0. The highest BCUT2D eigenvalue weighted by atomic mass is 16.5. The van der Waals surface area contributed by atoms with Crippen molar-refractivity contribution in [2.24, 2.45) is 0 Å². The zero-order valence-electron chi connectivity index (χ0n) is 46.6. The summed E-state index contributed by atoms with van der Waals surface area (Å²) in [6.07, 6.45) is 71.9. The topological polar surface area (TPSA) is 95.9 Å². The molecule has 0 aromatic heterocycles. The van der Waals surface area contributed by atoms with Crippen LogP contribution in [0.2, 0.25) is 0 Å². The summed E-state index contributed by atoms with van der Waals surface area (Å²) in [6.45, 7) is 4.94. The van der Waals surface area contributed by atoms with Crippen molar-refractivity contribution < 1.29 is 24.5 Å². The number of hydrogen-bond donors (Lipinski definition) is 3. The van der Waals surface area contributed by atoms with E-state index in [4.69, 9.17) is 4.74 Å². The van der Waals surface area contributed by atoms with Crippen molar-refractivity contribution in [1.29, 1.82) is 0 Å². The molecule has 0 spiro atoms. The Morgan fingerprint density at radius 1 is 0.406 bits per heavy atom. The fourth-order valence-electron chi connectivity index (χ4n) is 9.75. The van der Waals surface area contributed by atoms with Crippen molar-refractivity contribution in [3.63, 3.8) is 0 Å². The Bertz CT molecular complexity index is 1080. The fraction of sp³-hybridized carbons (Fsp3) is 0.905. The Balaban J connectivity index is 3.44. The number of aliphatic hydroxyl groups excluding tert-OH is 2. The van der Waals surface area contributed by atoms with Crippen LogP contribution >= 0.6 is 0 Å². The summed E-state index contributed by atoms with van der Waals surface area (Å²) in [6, 6.07) is -0.548. The van der Waals surface area contributed by atoms with Gasteiger partial charge in [0, 0.05) is 12.8 Å². The maximum Gasteiger partial charge on any atom is 0.305 e. The van der Waals surface area contributed by atoms with Crippen LogP contribution in [-0.4, -0.2) is 47.4 Å². The molecule has 0 aromatic rings. The summed E-state index contributed by atoms with van der Waals surface area (Å²) in [5.74, 6) is -0.0515. The molecule has 2 atom stereocenters. The first-order chi connectivity index (χ1) is 34.0. The zero-order valence-corrected chi connectivity index (χ0v) is 46.6. The van der Waals surface area contributed by atoms with E-state index >= 15 is 0 Å². The SMILES string of the molecule is CCCCCCCCCCCCCCCCCCCCCC(=O)OCCCCC/C=C\C=C/CCCCCCCCCCCCC(=O)NC(CO)C(O)CCCCCCCCCCCCCCCC. The van der Waals surface area contributed by atoms with Gasteiger partial charge in [-0.25, -0.2) is 0 Å². The number of aliphatic hydroxyl groups is 2. The smallest absolute Gasteiger partial charge is 0.305 e. The van der Waals surface area contributed by atoms with Crippen LogP contribution in [0.1, 0.15) is 341 Å². The lowest BCUT2D eigenvalue weighted by molar-refractivity contribution is -0.143. The average molecular weight is 973 g/mol. The molecule has 0 saturated carbocycles. The summed E-state index contributed by atoms with van der Waals surface area (Å²) in [4.78, 5) is 24.6. The Labute approximate surface area is 431 Å². The van der Waals surface area contributed by atoms with Gasteiger partial charge in [-0.05, 0) is 57.8 Å². The number of rotatable bonds is 58. The lowest BCUT2D eigenvalue weighted by Gasteiger charge is -2.22. The molecule has 0 bridgehead atoms. The monoisotopic (exact) mass is 972 g/mol. The molecule has 3 N–H and O–H groups in total. The third-order valence-electron chi connectivity index (χ3n) is 14.5. The highest BCUT2D eigenvalue weighted by Crippen LogP contribution is 2.18. The van der Waals surface area contributed by atoms with Crippen molar-refractivity contribution in [1.82, 2.24) is 5.32 Å². The molecule has 0 aliphatic rings. The van der Waals surface area contributed by atoms with E-state index in [1.54, 1.807) is 0 Å². The molecule has 6 nitrogen and oxygen atoms in total. The van der Waals surface area contributed by atoms with Gasteiger partial charge < -0.3 is 20.3 Å². The number of carbonyl (C=O) groups excluding carboxylic acids is 2. The third kappa shape index (κ3) is 55.5. The maximum absolute atomic E-state index is 12.5. The largest absolute Gasteiger partial charge is 0.466 e. The maximum atomic E-state index is 12.5. The Morgan fingerprint density at radius 3 is 1.07 bits per heavy atom. The Kier molecular flexibility index (Phi) is 57.5. The Hall–Kier alpha value is -1.66.